The Balaban J connectivity index is 1.35. The molecule has 2 aromatic carbocycles. The molecule has 0 fully saturated rings. The summed E-state index contributed by atoms with van der Waals surface area (Å²) in [7, 11) is 0. The van der Waals surface area contributed by atoms with Crippen LogP contribution in [-0.2, 0) is 11.2 Å². The van der Waals surface area contributed by atoms with Gasteiger partial charge in [0, 0.05) is 17.5 Å². The molecule has 3 N–H and O–H groups in total. The van der Waals surface area contributed by atoms with E-state index in [0.29, 0.717) is 28.6 Å². The Bertz CT molecular complexity index is 1150. The zero-order chi connectivity index (χ0) is 22.0. The third kappa shape index (κ3) is 5.00. The van der Waals surface area contributed by atoms with E-state index in [-0.39, 0.29) is 24.4 Å². The molecule has 0 spiro atoms. The van der Waals surface area contributed by atoms with Gasteiger partial charge in [-0.25, -0.2) is 14.2 Å². The number of hydrogen-bond donors (Lipinski definition) is 3. The van der Waals surface area contributed by atoms with Crippen molar-refractivity contribution in [1.82, 2.24) is 10.3 Å². The number of anilines is 2. The van der Waals surface area contributed by atoms with E-state index in [2.05, 4.69) is 20.9 Å². The number of amides is 3. The van der Waals surface area contributed by atoms with Gasteiger partial charge in [0.2, 0.25) is 0 Å². The van der Waals surface area contributed by atoms with Crippen molar-refractivity contribution in [2.24, 2.45) is 0 Å². The number of urea groups is 1. The van der Waals surface area contributed by atoms with Gasteiger partial charge < -0.3 is 15.4 Å². The molecule has 0 bridgehead atoms. The lowest BCUT2D eigenvalue weighted by Crippen LogP contribution is -2.31. The van der Waals surface area contributed by atoms with Gasteiger partial charge in [-0.1, -0.05) is 18.2 Å². The second-order valence-electron chi connectivity index (χ2n) is 7.30. The lowest BCUT2D eigenvalue weighted by Gasteiger charge is -2.20. The van der Waals surface area contributed by atoms with Crippen LogP contribution >= 0.6 is 11.3 Å². The van der Waals surface area contributed by atoms with Gasteiger partial charge >= 0.3 is 6.03 Å². The number of halogens is 1. The molecule has 1 atom stereocenters. The van der Waals surface area contributed by atoms with Gasteiger partial charge in [0.25, 0.3) is 5.91 Å². The highest BCUT2D eigenvalue weighted by Gasteiger charge is 2.18. The second-order valence-corrected chi connectivity index (χ2v) is 8.42. The van der Waals surface area contributed by atoms with Crippen LogP contribution in [0.4, 0.5) is 20.0 Å². The maximum atomic E-state index is 13.7. The van der Waals surface area contributed by atoms with Crippen LogP contribution in [0.2, 0.25) is 0 Å². The number of nitrogens with zero attached hydrogens (tertiary/aromatic N) is 1. The largest absolute Gasteiger partial charge is 0.482 e. The van der Waals surface area contributed by atoms with Crippen LogP contribution in [-0.4, -0.2) is 23.5 Å². The van der Waals surface area contributed by atoms with Crippen molar-refractivity contribution in [3.63, 3.8) is 0 Å². The number of fused-ring (bicyclic) bond motifs is 1. The monoisotopic (exact) mass is 440 g/mol. The highest BCUT2D eigenvalue weighted by molar-refractivity contribution is 7.15. The average molecular weight is 441 g/mol. The van der Waals surface area contributed by atoms with Crippen molar-refractivity contribution >= 4 is 34.1 Å². The fourth-order valence-electron chi connectivity index (χ4n) is 3.18. The van der Waals surface area contributed by atoms with E-state index in [1.807, 2.05) is 19.1 Å². The lowest BCUT2D eigenvalue weighted by atomic mass is 10.1. The van der Waals surface area contributed by atoms with Gasteiger partial charge in [0.15, 0.2) is 11.7 Å². The number of nitrogens with one attached hydrogen (secondary N) is 3. The van der Waals surface area contributed by atoms with E-state index in [1.165, 1.54) is 17.4 Å². The van der Waals surface area contributed by atoms with E-state index in [0.717, 1.165) is 16.0 Å². The number of aryl methyl sites for hydroxylation is 1. The lowest BCUT2D eigenvalue weighted by molar-refractivity contribution is -0.118. The minimum Gasteiger partial charge on any atom is -0.482 e. The van der Waals surface area contributed by atoms with Gasteiger partial charge in [-0.3, -0.25) is 10.1 Å². The van der Waals surface area contributed by atoms with E-state index in [1.54, 1.807) is 31.3 Å². The van der Waals surface area contributed by atoms with E-state index in [9.17, 15) is 14.0 Å². The number of hydrogen-bond acceptors (Lipinski definition) is 5. The molecule has 160 valence electrons. The van der Waals surface area contributed by atoms with Gasteiger partial charge in [0.1, 0.15) is 11.6 Å². The predicted molar refractivity (Wildman–Crippen MR) is 117 cm³/mol. The zero-order valence-corrected chi connectivity index (χ0v) is 17.8. The standard InChI is InChI=1S/C22H21FN4O3S/c1-12-3-4-14(8-17(12)23)7-16-10-24-22(31-16)27-21(29)25-13(2)15-5-6-19-18(9-15)26-20(28)11-30-19/h3-6,8-10,13H,7,11H2,1-2H3,(H,26,28)(H2,24,25,27,29). The zero-order valence-electron chi connectivity index (χ0n) is 17.0. The summed E-state index contributed by atoms with van der Waals surface area (Å²) in [6.45, 7) is 3.56. The van der Waals surface area contributed by atoms with Gasteiger partial charge in [0.05, 0.1) is 11.7 Å². The molecule has 31 heavy (non-hydrogen) atoms. The summed E-state index contributed by atoms with van der Waals surface area (Å²) in [5.41, 5.74) is 2.86. The highest BCUT2D eigenvalue weighted by Crippen LogP contribution is 2.30. The Kier molecular flexibility index (Phi) is 5.85. The SMILES string of the molecule is Cc1ccc(Cc2cnc(NC(=O)NC(C)c3ccc4c(c3)NC(=O)CO4)s2)cc1F. The Labute approximate surface area is 182 Å². The number of carbonyl (C=O) groups is 2. The van der Waals surface area contributed by atoms with Crippen molar-refractivity contribution in [3.05, 3.63) is 70.0 Å². The summed E-state index contributed by atoms with van der Waals surface area (Å²) in [5, 5.41) is 8.79. The number of ether oxygens (including phenoxy) is 1. The number of benzene rings is 2. The Morgan fingerprint density at radius 3 is 2.97 bits per heavy atom. The van der Waals surface area contributed by atoms with Crippen LogP contribution < -0.4 is 20.7 Å². The molecule has 1 aliphatic rings. The van der Waals surface area contributed by atoms with Crippen molar-refractivity contribution in [1.29, 1.82) is 0 Å². The molecular weight excluding hydrogens is 419 g/mol. The van der Waals surface area contributed by atoms with E-state index < -0.39 is 6.03 Å². The number of aromatic nitrogens is 1. The topological polar surface area (TPSA) is 92.4 Å². The molecule has 1 aromatic heterocycles. The van der Waals surface area contributed by atoms with Crippen molar-refractivity contribution in [2.75, 3.05) is 17.2 Å². The summed E-state index contributed by atoms with van der Waals surface area (Å²) in [5.74, 6) is 0.154. The highest BCUT2D eigenvalue weighted by atomic mass is 32.1. The maximum Gasteiger partial charge on any atom is 0.321 e. The first-order valence-electron chi connectivity index (χ1n) is 9.71. The second kappa shape index (κ2) is 8.73. The van der Waals surface area contributed by atoms with Gasteiger partial charge in [-0.05, 0) is 48.7 Å². The van der Waals surface area contributed by atoms with Gasteiger partial charge in [-0.15, -0.1) is 11.3 Å². The molecule has 3 amide bonds. The number of thiazole rings is 1. The predicted octanol–water partition coefficient (Wildman–Crippen LogP) is 4.40. The van der Waals surface area contributed by atoms with Crippen LogP contribution in [0.3, 0.4) is 0 Å². The molecule has 0 radical (unpaired) electrons. The smallest absolute Gasteiger partial charge is 0.321 e. The molecule has 9 heteroatoms. The minimum absolute atomic E-state index is 0.00277. The van der Waals surface area contributed by atoms with Gasteiger partial charge in [-0.2, -0.15) is 0 Å². The normalized spacial score (nSPS) is 13.6. The molecule has 2 heterocycles. The van der Waals surface area contributed by atoms with Crippen LogP contribution in [0.15, 0.2) is 42.6 Å². The molecule has 4 rings (SSSR count). The van der Waals surface area contributed by atoms with Crippen LogP contribution in [0, 0.1) is 12.7 Å². The molecule has 0 saturated carbocycles. The average Bonchev–Trinajstić information content (AvgIpc) is 3.16. The Morgan fingerprint density at radius 1 is 1.32 bits per heavy atom. The quantitative estimate of drug-likeness (QED) is 0.549. The molecule has 3 aromatic rings. The Hall–Kier alpha value is -3.46. The maximum absolute atomic E-state index is 13.7. The van der Waals surface area contributed by atoms with Crippen molar-refractivity contribution < 1.29 is 18.7 Å². The van der Waals surface area contributed by atoms with E-state index in [4.69, 9.17) is 4.74 Å². The fraction of sp³-hybridized carbons (Fsp3) is 0.227. The fourth-order valence-corrected chi connectivity index (χ4v) is 4.02. The third-order valence-electron chi connectivity index (χ3n) is 4.87. The first-order valence-corrected chi connectivity index (χ1v) is 10.5. The van der Waals surface area contributed by atoms with Crippen LogP contribution in [0.5, 0.6) is 5.75 Å². The third-order valence-corrected chi connectivity index (χ3v) is 5.79. The molecular formula is C22H21FN4O3S. The summed E-state index contributed by atoms with van der Waals surface area (Å²) in [6, 6.07) is 9.82. The molecule has 0 aliphatic carbocycles. The molecule has 7 nitrogen and oxygen atoms in total. The van der Waals surface area contributed by atoms with Crippen LogP contribution in [0.1, 0.15) is 34.5 Å². The number of rotatable bonds is 5. The summed E-state index contributed by atoms with van der Waals surface area (Å²) in [4.78, 5) is 29.0. The molecule has 1 aliphatic heterocycles. The first kappa shape index (κ1) is 20.8. The molecule has 0 saturated heterocycles. The minimum atomic E-state index is -0.396. The Morgan fingerprint density at radius 2 is 2.16 bits per heavy atom. The van der Waals surface area contributed by atoms with E-state index >= 15 is 0 Å². The summed E-state index contributed by atoms with van der Waals surface area (Å²) in [6.07, 6.45) is 2.21. The molecule has 1 unspecified atom stereocenters. The van der Waals surface area contributed by atoms with Crippen LogP contribution in [0.25, 0.3) is 0 Å². The summed E-state index contributed by atoms with van der Waals surface area (Å²) >= 11 is 1.34. The summed E-state index contributed by atoms with van der Waals surface area (Å²) < 4.78 is 19.1. The van der Waals surface area contributed by atoms with Crippen molar-refractivity contribution in [3.8, 4) is 5.75 Å². The van der Waals surface area contributed by atoms with Crippen molar-refractivity contribution in [2.45, 2.75) is 26.3 Å². The first-order chi connectivity index (χ1) is 14.9. The number of carbonyl (C=O) groups excluding carboxylic acids is 2.